The van der Waals surface area contributed by atoms with Gasteiger partial charge in [0, 0.05) is 17.5 Å². The molecule has 7 heteroatoms. The summed E-state index contributed by atoms with van der Waals surface area (Å²) in [5.74, 6) is -1.35. The van der Waals surface area contributed by atoms with Gasteiger partial charge in [-0.25, -0.2) is 0 Å². The summed E-state index contributed by atoms with van der Waals surface area (Å²) in [7, 11) is 0. The molecule has 1 aliphatic rings. The van der Waals surface area contributed by atoms with Crippen molar-refractivity contribution >= 4 is 28.4 Å². The Hall–Kier alpha value is -3.45. The molecular formula is C24H25N3O4. The summed E-state index contributed by atoms with van der Waals surface area (Å²) in [6, 6.07) is 16.4. The van der Waals surface area contributed by atoms with Crippen LogP contribution in [0.1, 0.15) is 31.2 Å². The van der Waals surface area contributed by atoms with E-state index in [9.17, 15) is 14.8 Å². The summed E-state index contributed by atoms with van der Waals surface area (Å²) in [4.78, 5) is 28.8. The standard InChI is InChI=1S/C24H25N3O4/c25-23(28)18-5-1-2-6-19(18)24(29)27(30)17-12-10-16(11-13-17)15-31-22-9-3-8-21-20(22)7-4-14-26-21/h3-4,7-14,18-19,30H,1-2,5-6,15H2,(H2,25,28). The number of anilines is 1. The minimum atomic E-state index is -0.584. The molecule has 1 aliphatic carbocycles. The summed E-state index contributed by atoms with van der Waals surface area (Å²) in [5, 5.41) is 12.0. The van der Waals surface area contributed by atoms with Crippen molar-refractivity contribution in [1.29, 1.82) is 0 Å². The summed E-state index contributed by atoms with van der Waals surface area (Å²) in [6.07, 6.45) is 4.58. The molecule has 0 saturated heterocycles. The predicted molar refractivity (Wildman–Crippen MR) is 116 cm³/mol. The first-order valence-electron chi connectivity index (χ1n) is 10.4. The third-order valence-electron chi connectivity index (χ3n) is 5.84. The van der Waals surface area contributed by atoms with E-state index in [0.717, 1.165) is 35.1 Å². The van der Waals surface area contributed by atoms with Gasteiger partial charge in [0.25, 0.3) is 5.91 Å². The zero-order chi connectivity index (χ0) is 21.8. The molecule has 0 radical (unpaired) electrons. The van der Waals surface area contributed by atoms with E-state index in [0.29, 0.717) is 30.2 Å². The first kappa shape index (κ1) is 20.8. The smallest absolute Gasteiger partial charge is 0.254 e. The second-order valence-electron chi connectivity index (χ2n) is 7.83. The van der Waals surface area contributed by atoms with Crippen molar-refractivity contribution in [2.75, 3.05) is 5.06 Å². The molecule has 1 aromatic heterocycles. The van der Waals surface area contributed by atoms with Crippen LogP contribution in [0.2, 0.25) is 0 Å². The fraction of sp³-hybridized carbons (Fsp3) is 0.292. The molecule has 1 saturated carbocycles. The Balaban J connectivity index is 1.42. The molecule has 3 aromatic rings. The van der Waals surface area contributed by atoms with Crippen LogP contribution in [0.3, 0.4) is 0 Å². The number of rotatable bonds is 6. The Morgan fingerprint density at radius 2 is 1.77 bits per heavy atom. The van der Waals surface area contributed by atoms with Gasteiger partial charge in [0.2, 0.25) is 5.91 Å². The van der Waals surface area contributed by atoms with Gasteiger partial charge in [-0.1, -0.05) is 31.0 Å². The Morgan fingerprint density at radius 3 is 2.52 bits per heavy atom. The number of fused-ring (bicyclic) bond motifs is 1. The van der Waals surface area contributed by atoms with E-state index in [4.69, 9.17) is 10.5 Å². The van der Waals surface area contributed by atoms with Crippen LogP contribution >= 0.6 is 0 Å². The zero-order valence-corrected chi connectivity index (χ0v) is 17.1. The van der Waals surface area contributed by atoms with E-state index in [-0.39, 0.29) is 0 Å². The van der Waals surface area contributed by atoms with Crippen molar-refractivity contribution in [3.8, 4) is 5.75 Å². The molecule has 2 amide bonds. The van der Waals surface area contributed by atoms with Crippen LogP contribution < -0.4 is 15.5 Å². The lowest BCUT2D eigenvalue weighted by Gasteiger charge is -2.30. The van der Waals surface area contributed by atoms with Crippen LogP contribution in [-0.2, 0) is 16.2 Å². The minimum Gasteiger partial charge on any atom is -0.488 e. The number of nitrogens with zero attached hydrogens (tertiary/aromatic N) is 2. The number of ether oxygens (including phenoxy) is 1. The van der Waals surface area contributed by atoms with E-state index in [1.54, 1.807) is 30.5 Å². The number of amides is 2. The van der Waals surface area contributed by atoms with Crippen molar-refractivity contribution in [1.82, 2.24) is 4.98 Å². The maximum absolute atomic E-state index is 12.8. The predicted octanol–water partition coefficient (Wildman–Crippen LogP) is 3.83. The monoisotopic (exact) mass is 419 g/mol. The molecule has 0 spiro atoms. The lowest BCUT2D eigenvalue weighted by molar-refractivity contribution is -0.136. The highest BCUT2D eigenvalue weighted by Gasteiger charge is 2.37. The third-order valence-corrected chi connectivity index (χ3v) is 5.84. The molecule has 1 fully saturated rings. The Kier molecular flexibility index (Phi) is 6.13. The molecule has 3 N–H and O–H groups in total. The van der Waals surface area contributed by atoms with Crippen molar-refractivity contribution < 1.29 is 19.5 Å². The van der Waals surface area contributed by atoms with Crippen LogP contribution in [0.25, 0.3) is 10.9 Å². The Bertz CT molecular complexity index is 1080. The molecule has 0 bridgehead atoms. The Morgan fingerprint density at radius 1 is 1.03 bits per heavy atom. The largest absolute Gasteiger partial charge is 0.488 e. The lowest BCUT2D eigenvalue weighted by Crippen LogP contribution is -2.43. The van der Waals surface area contributed by atoms with E-state index in [1.807, 2.05) is 30.3 Å². The van der Waals surface area contributed by atoms with Crippen LogP contribution in [0.5, 0.6) is 5.75 Å². The summed E-state index contributed by atoms with van der Waals surface area (Å²) in [5.41, 5.74) is 7.56. The second-order valence-corrected chi connectivity index (χ2v) is 7.83. The number of primary amides is 1. The average Bonchev–Trinajstić information content (AvgIpc) is 2.82. The number of hydroxylamine groups is 1. The van der Waals surface area contributed by atoms with Crippen LogP contribution in [0.4, 0.5) is 5.69 Å². The quantitative estimate of drug-likeness (QED) is 0.467. The van der Waals surface area contributed by atoms with Crippen molar-refractivity contribution in [3.05, 3.63) is 66.4 Å². The molecular weight excluding hydrogens is 394 g/mol. The molecule has 0 aliphatic heterocycles. The maximum atomic E-state index is 12.8. The first-order chi connectivity index (χ1) is 15.0. The fourth-order valence-electron chi connectivity index (χ4n) is 4.15. The van der Waals surface area contributed by atoms with Gasteiger partial charge < -0.3 is 10.5 Å². The van der Waals surface area contributed by atoms with Gasteiger partial charge in [0.15, 0.2) is 0 Å². The highest BCUT2D eigenvalue weighted by atomic mass is 16.5. The van der Waals surface area contributed by atoms with Gasteiger partial charge in [-0.05, 0) is 54.8 Å². The Labute approximate surface area is 180 Å². The van der Waals surface area contributed by atoms with Crippen LogP contribution in [0.15, 0.2) is 60.8 Å². The molecule has 1 heterocycles. The highest BCUT2D eigenvalue weighted by Crippen LogP contribution is 2.32. The normalized spacial score (nSPS) is 18.5. The number of pyridine rings is 1. The van der Waals surface area contributed by atoms with E-state index in [1.165, 1.54) is 0 Å². The average molecular weight is 419 g/mol. The highest BCUT2D eigenvalue weighted by molar-refractivity contribution is 5.96. The number of hydrogen-bond acceptors (Lipinski definition) is 5. The molecule has 4 rings (SSSR count). The lowest BCUT2D eigenvalue weighted by atomic mass is 9.78. The number of carbonyl (C=O) groups is 2. The summed E-state index contributed by atoms with van der Waals surface area (Å²) >= 11 is 0. The molecule has 7 nitrogen and oxygen atoms in total. The van der Waals surface area contributed by atoms with Gasteiger partial charge in [0.1, 0.15) is 12.4 Å². The molecule has 160 valence electrons. The van der Waals surface area contributed by atoms with Gasteiger partial charge in [0.05, 0.1) is 17.1 Å². The number of nitrogens with two attached hydrogens (primary N) is 1. The van der Waals surface area contributed by atoms with E-state index >= 15 is 0 Å². The zero-order valence-electron chi connectivity index (χ0n) is 17.1. The van der Waals surface area contributed by atoms with Gasteiger partial charge in [-0.15, -0.1) is 0 Å². The summed E-state index contributed by atoms with van der Waals surface area (Å²) < 4.78 is 5.95. The second kappa shape index (κ2) is 9.14. The van der Waals surface area contributed by atoms with Crippen LogP contribution in [0, 0.1) is 11.8 Å². The third kappa shape index (κ3) is 4.51. The maximum Gasteiger partial charge on any atom is 0.254 e. The number of benzene rings is 2. The SMILES string of the molecule is NC(=O)C1CCCCC1C(=O)N(O)c1ccc(COc2cccc3ncccc23)cc1. The van der Waals surface area contributed by atoms with E-state index in [2.05, 4.69) is 4.98 Å². The van der Waals surface area contributed by atoms with Crippen molar-refractivity contribution in [2.24, 2.45) is 17.6 Å². The first-order valence-corrected chi connectivity index (χ1v) is 10.4. The van der Waals surface area contributed by atoms with E-state index < -0.39 is 23.7 Å². The van der Waals surface area contributed by atoms with Gasteiger partial charge >= 0.3 is 0 Å². The number of aromatic nitrogens is 1. The van der Waals surface area contributed by atoms with Crippen molar-refractivity contribution in [3.63, 3.8) is 0 Å². The molecule has 2 aromatic carbocycles. The molecule has 31 heavy (non-hydrogen) atoms. The molecule has 2 unspecified atom stereocenters. The fourth-order valence-corrected chi connectivity index (χ4v) is 4.15. The van der Waals surface area contributed by atoms with Gasteiger partial charge in [-0.3, -0.25) is 19.8 Å². The number of carbonyl (C=O) groups excluding carboxylic acids is 2. The van der Waals surface area contributed by atoms with Crippen LogP contribution in [-0.4, -0.2) is 22.0 Å². The minimum absolute atomic E-state index is 0.333. The topological polar surface area (TPSA) is 106 Å². The molecule has 2 atom stereocenters. The summed E-state index contributed by atoms with van der Waals surface area (Å²) in [6.45, 7) is 0.333. The van der Waals surface area contributed by atoms with Crippen molar-refractivity contribution in [2.45, 2.75) is 32.3 Å². The number of hydrogen-bond donors (Lipinski definition) is 2. The van der Waals surface area contributed by atoms with Gasteiger partial charge in [-0.2, -0.15) is 5.06 Å².